The fourth-order valence-corrected chi connectivity index (χ4v) is 3.57. The van der Waals surface area contributed by atoms with E-state index >= 15 is 0 Å². The molecule has 21 heavy (non-hydrogen) atoms. The van der Waals surface area contributed by atoms with E-state index in [9.17, 15) is 0 Å². The molecule has 0 aromatic carbocycles. The Kier molecular flexibility index (Phi) is 5.22. The van der Waals surface area contributed by atoms with Crippen LogP contribution in [-0.4, -0.2) is 36.1 Å². The molecule has 1 aromatic rings. The Morgan fingerprint density at radius 2 is 1.95 bits per heavy atom. The first-order chi connectivity index (χ1) is 10.0. The van der Waals surface area contributed by atoms with Gasteiger partial charge in [-0.2, -0.15) is 0 Å². The van der Waals surface area contributed by atoms with Gasteiger partial charge in [-0.25, -0.2) is 0 Å². The Morgan fingerprint density at radius 3 is 2.52 bits per heavy atom. The number of likely N-dealkylation sites (N-methyl/N-ethyl adjacent to an activating group) is 1. The maximum Gasteiger partial charge on any atom is 0.128 e. The number of nitrogens with two attached hydrogens (primary N) is 1. The van der Waals surface area contributed by atoms with E-state index in [4.69, 9.17) is 10.5 Å². The number of rotatable bonds is 5. The van der Waals surface area contributed by atoms with E-state index in [-0.39, 0.29) is 5.54 Å². The Bertz CT molecular complexity index is 481. The molecule has 1 heterocycles. The summed E-state index contributed by atoms with van der Waals surface area (Å²) >= 11 is 0. The lowest BCUT2D eigenvalue weighted by molar-refractivity contribution is 0.0744. The first kappa shape index (κ1) is 16.2. The van der Waals surface area contributed by atoms with Crippen LogP contribution in [0.25, 0.3) is 0 Å². The van der Waals surface area contributed by atoms with Crippen LogP contribution in [0.1, 0.15) is 48.9 Å². The minimum atomic E-state index is 0.143. The average molecular weight is 291 g/mol. The number of pyridine rings is 1. The van der Waals surface area contributed by atoms with Crippen molar-refractivity contribution in [1.82, 2.24) is 9.88 Å². The molecule has 118 valence electrons. The molecule has 1 aromatic heterocycles. The van der Waals surface area contributed by atoms with Gasteiger partial charge in [-0.3, -0.25) is 9.88 Å². The van der Waals surface area contributed by atoms with Crippen LogP contribution in [0.4, 0.5) is 0 Å². The number of hydrogen-bond acceptors (Lipinski definition) is 4. The SMILES string of the molecule is COc1c(C)cnc(CN(C)C2(CN)CCCCC2)c1C. The largest absolute Gasteiger partial charge is 0.496 e. The van der Waals surface area contributed by atoms with Crippen LogP contribution in [0.5, 0.6) is 5.75 Å². The van der Waals surface area contributed by atoms with Crippen molar-refractivity contribution in [2.75, 3.05) is 20.7 Å². The highest BCUT2D eigenvalue weighted by Crippen LogP contribution is 2.34. The maximum atomic E-state index is 6.12. The van der Waals surface area contributed by atoms with Crippen LogP contribution in [0.3, 0.4) is 0 Å². The van der Waals surface area contributed by atoms with Gasteiger partial charge in [-0.15, -0.1) is 0 Å². The molecule has 0 bridgehead atoms. The minimum absolute atomic E-state index is 0.143. The summed E-state index contributed by atoms with van der Waals surface area (Å²) in [6.07, 6.45) is 8.21. The highest BCUT2D eigenvalue weighted by atomic mass is 16.5. The molecule has 4 heteroatoms. The number of aromatic nitrogens is 1. The summed E-state index contributed by atoms with van der Waals surface area (Å²) in [5, 5.41) is 0. The van der Waals surface area contributed by atoms with E-state index in [1.807, 2.05) is 13.1 Å². The van der Waals surface area contributed by atoms with Crippen molar-refractivity contribution >= 4 is 0 Å². The first-order valence-corrected chi connectivity index (χ1v) is 7.94. The Hall–Kier alpha value is -1.13. The molecule has 1 aliphatic carbocycles. The van der Waals surface area contributed by atoms with Gasteiger partial charge in [0.25, 0.3) is 0 Å². The van der Waals surface area contributed by atoms with Crippen molar-refractivity contribution in [2.24, 2.45) is 5.73 Å². The van der Waals surface area contributed by atoms with Crippen LogP contribution in [0.2, 0.25) is 0 Å². The third-order valence-corrected chi connectivity index (χ3v) is 5.11. The third kappa shape index (κ3) is 3.22. The van der Waals surface area contributed by atoms with Crippen LogP contribution in [0.15, 0.2) is 6.20 Å². The monoisotopic (exact) mass is 291 g/mol. The molecule has 1 aliphatic rings. The predicted molar refractivity (Wildman–Crippen MR) is 86.6 cm³/mol. The lowest BCUT2D eigenvalue weighted by Gasteiger charge is -2.44. The quantitative estimate of drug-likeness (QED) is 0.906. The molecule has 0 spiro atoms. The zero-order chi connectivity index (χ0) is 15.5. The summed E-state index contributed by atoms with van der Waals surface area (Å²) in [4.78, 5) is 7.04. The van der Waals surface area contributed by atoms with E-state index in [0.717, 1.165) is 35.7 Å². The van der Waals surface area contributed by atoms with Crippen molar-refractivity contribution < 1.29 is 4.74 Å². The average Bonchev–Trinajstić information content (AvgIpc) is 2.51. The highest BCUT2D eigenvalue weighted by molar-refractivity contribution is 5.41. The van der Waals surface area contributed by atoms with Gasteiger partial charge in [-0.05, 0) is 33.7 Å². The van der Waals surface area contributed by atoms with E-state index in [0.29, 0.717) is 0 Å². The van der Waals surface area contributed by atoms with E-state index in [1.165, 1.54) is 32.1 Å². The Balaban J connectivity index is 2.20. The van der Waals surface area contributed by atoms with Crippen LogP contribution in [-0.2, 0) is 6.54 Å². The minimum Gasteiger partial charge on any atom is -0.496 e. The lowest BCUT2D eigenvalue weighted by Crippen LogP contribution is -2.53. The molecule has 1 fully saturated rings. The van der Waals surface area contributed by atoms with Gasteiger partial charge in [0, 0.05) is 36.0 Å². The smallest absolute Gasteiger partial charge is 0.128 e. The van der Waals surface area contributed by atoms with E-state index in [1.54, 1.807) is 7.11 Å². The molecule has 0 unspecified atom stereocenters. The molecule has 2 N–H and O–H groups in total. The zero-order valence-electron chi connectivity index (χ0n) is 13.9. The van der Waals surface area contributed by atoms with Crippen LogP contribution < -0.4 is 10.5 Å². The fourth-order valence-electron chi connectivity index (χ4n) is 3.57. The van der Waals surface area contributed by atoms with Gasteiger partial charge in [0.2, 0.25) is 0 Å². The molecule has 2 rings (SSSR count). The Labute approximate surface area is 128 Å². The van der Waals surface area contributed by atoms with E-state index < -0.39 is 0 Å². The number of aryl methyl sites for hydroxylation is 1. The van der Waals surface area contributed by atoms with Crippen LogP contribution >= 0.6 is 0 Å². The summed E-state index contributed by atoms with van der Waals surface area (Å²) in [6.45, 7) is 5.69. The predicted octanol–water partition coefficient (Wildman–Crippen LogP) is 2.80. The van der Waals surface area contributed by atoms with Crippen molar-refractivity contribution in [3.8, 4) is 5.75 Å². The molecule has 1 saturated carbocycles. The normalized spacial score (nSPS) is 18.0. The van der Waals surface area contributed by atoms with Gasteiger partial charge in [0.05, 0.1) is 12.8 Å². The topological polar surface area (TPSA) is 51.4 Å². The zero-order valence-corrected chi connectivity index (χ0v) is 13.9. The van der Waals surface area contributed by atoms with Crippen molar-refractivity contribution in [3.63, 3.8) is 0 Å². The second kappa shape index (κ2) is 6.75. The summed E-state index contributed by atoms with van der Waals surface area (Å²) in [6, 6.07) is 0. The molecule has 0 saturated heterocycles. The second-order valence-electron chi connectivity index (χ2n) is 6.39. The summed E-state index contributed by atoms with van der Waals surface area (Å²) in [7, 11) is 3.91. The number of methoxy groups -OCH3 is 1. The van der Waals surface area contributed by atoms with Gasteiger partial charge >= 0.3 is 0 Å². The molecule has 0 aliphatic heterocycles. The number of hydrogen-bond donors (Lipinski definition) is 1. The summed E-state index contributed by atoms with van der Waals surface area (Å²) in [5.74, 6) is 0.957. The van der Waals surface area contributed by atoms with Crippen molar-refractivity contribution in [1.29, 1.82) is 0 Å². The van der Waals surface area contributed by atoms with Gasteiger partial charge in [-0.1, -0.05) is 19.3 Å². The van der Waals surface area contributed by atoms with Crippen molar-refractivity contribution in [3.05, 3.63) is 23.0 Å². The maximum absolute atomic E-state index is 6.12. The third-order valence-electron chi connectivity index (χ3n) is 5.11. The molecule has 0 amide bonds. The lowest BCUT2D eigenvalue weighted by atomic mass is 9.80. The summed E-state index contributed by atoms with van der Waals surface area (Å²) < 4.78 is 5.51. The molecular formula is C17H29N3O. The fraction of sp³-hybridized carbons (Fsp3) is 0.706. The second-order valence-corrected chi connectivity index (χ2v) is 6.39. The standard InChI is InChI=1S/C17H29N3O/c1-13-10-19-15(14(2)16(13)21-4)11-20(3)17(12-18)8-6-5-7-9-17/h10H,5-9,11-12,18H2,1-4H3. The van der Waals surface area contributed by atoms with Gasteiger partial charge < -0.3 is 10.5 Å². The van der Waals surface area contributed by atoms with E-state index in [2.05, 4.69) is 23.9 Å². The Morgan fingerprint density at radius 1 is 1.29 bits per heavy atom. The molecule has 0 atom stereocenters. The van der Waals surface area contributed by atoms with Crippen LogP contribution in [0, 0.1) is 13.8 Å². The molecular weight excluding hydrogens is 262 g/mol. The highest BCUT2D eigenvalue weighted by Gasteiger charge is 2.35. The van der Waals surface area contributed by atoms with Gasteiger partial charge in [0.1, 0.15) is 5.75 Å². The number of ether oxygens (including phenoxy) is 1. The molecule has 0 radical (unpaired) electrons. The summed E-state index contributed by atoms with van der Waals surface area (Å²) in [5.41, 5.74) is 9.60. The molecule has 4 nitrogen and oxygen atoms in total. The van der Waals surface area contributed by atoms with Crippen molar-refractivity contribution in [2.45, 2.75) is 58.0 Å². The number of nitrogens with zero attached hydrogens (tertiary/aromatic N) is 2. The first-order valence-electron chi connectivity index (χ1n) is 7.94. The van der Waals surface area contributed by atoms with Gasteiger partial charge in [0.15, 0.2) is 0 Å².